The van der Waals surface area contributed by atoms with Crippen molar-refractivity contribution in [3.05, 3.63) is 29.8 Å². The average Bonchev–Trinajstić information content (AvgIpc) is 2.95. The van der Waals surface area contributed by atoms with Crippen LogP contribution in [-0.2, 0) is 21.3 Å². The van der Waals surface area contributed by atoms with E-state index in [4.69, 9.17) is 10.5 Å². The first-order chi connectivity index (χ1) is 10.4. The van der Waals surface area contributed by atoms with Gasteiger partial charge in [-0.15, -0.1) is 0 Å². The second kappa shape index (κ2) is 7.46. The summed E-state index contributed by atoms with van der Waals surface area (Å²) >= 11 is 0. The second-order valence-corrected chi connectivity index (χ2v) is 7.04. The number of benzene rings is 1. The molecule has 0 bridgehead atoms. The minimum absolute atomic E-state index is 0.205. The molecular formula is C14H22N4O3S. The van der Waals surface area contributed by atoms with Crippen LogP contribution in [0, 0.1) is 0 Å². The van der Waals surface area contributed by atoms with E-state index in [9.17, 15) is 8.42 Å². The van der Waals surface area contributed by atoms with Crippen molar-refractivity contribution in [3.8, 4) is 0 Å². The zero-order chi connectivity index (χ0) is 16.0. The van der Waals surface area contributed by atoms with Gasteiger partial charge in [-0.3, -0.25) is 4.72 Å². The summed E-state index contributed by atoms with van der Waals surface area (Å²) in [6.07, 6.45) is 3.45. The molecule has 0 radical (unpaired) electrons. The molecule has 4 N–H and O–H groups in total. The van der Waals surface area contributed by atoms with Crippen LogP contribution in [0.15, 0.2) is 29.3 Å². The molecule has 22 heavy (non-hydrogen) atoms. The number of sulfonamides is 1. The van der Waals surface area contributed by atoms with Gasteiger partial charge in [-0.2, -0.15) is 0 Å². The summed E-state index contributed by atoms with van der Waals surface area (Å²) in [5, 5.41) is 3.04. The van der Waals surface area contributed by atoms with Crippen LogP contribution < -0.4 is 15.8 Å². The van der Waals surface area contributed by atoms with Gasteiger partial charge in [0.1, 0.15) is 0 Å². The number of nitrogens with two attached hydrogens (primary N) is 1. The standard InChI is InChI=1S/C14H22N4O3S/c1-22(19,20)18-12-5-2-4-11(8-12)9-16-14(15)17-10-13-6-3-7-21-13/h2,4-5,8,13,18H,3,6-7,9-10H2,1H3,(H3,15,16,17). The van der Waals surface area contributed by atoms with Gasteiger partial charge in [-0.1, -0.05) is 12.1 Å². The zero-order valence-electron chi connectivity index (χ0n) is 12.6. The molecule has 8 heteroatoms. The molecule has 0 spiro atoms. The SMILES string of the molecule is CS(=O)(=O)Nc1cccc(CN=C(N)NCC2CCCO2)c1. The summed E-state index contributed by atoms with van der Waals surface area (Å²) < 4.78 is 30.3. The Morgan fingerprint density at radius 2 is 2.32 bits per heavy atom. The van der Waals surface area contributed by atoms with Crippen LogP contribution in [0.2, 0.25) is 0 Å². The lowest BCUT2D eigenvalue weighted by atomic mass is 10.2. The fourth-order valence-corrected chi connectivity index (χ4v) is 2.76. The van der Waals surface area contributed by atoms with E-state index < -0.39 is 10.0 Å². The minimum Gasteiger partial charge on any atom is -0.376 e. The maximum absolute atomic E-state index is 11.2. The third kappa shape index (κ3) is 5.90. The Bertz CT molecular complexity index is 625. The van der Waals surface area contributed by atoms with Gasteiger partial charge in [-0.05, 0) is 30.5 Å². The number of nitrogens with one attached hydrogen (secondary N) is 2. The van der Waals surface area contributed by atoms with Crippen molar-refractivity contribution in [3.63, 3.8) is 0 Å². The fraction of sp³-hybridized carbons (Fsp3) is 0.500. The third-order valence-electron chi connectivity index (χ3n) is 3.20. The monoisotopic (exact) mass is 326 g/mol. The van der Waals surface area contributed by atoms with Crippen LogP contribution in [0.3, 0.4) is 0 Å². The van der Waals surface area contributed by atoms with E-state index in [0.717, 1.165) is 31.3 Å². The Morgan fingerprint density at radius 1 is 1.50 bits per heavy atom. The summed E-state index contributed by atoms with van der Waals surface area (Å²) in [5.41, 5.74) is 7.20. The molecule has 1 saturated heterocycles. The summed E-state index contributed by atoms with van der Waals surface area (Å²) in [5.74, 6) is 0.358. The molecule has 0 amide bonds. The minimum atomic E-state index is -3.28. The smallest absolute Gasteiger partial charge is 0.229 e. The lowest BCUT2D eigenvalue weighted by molar-refractivity contribution is 0.114. The number of hydrogen-bond donors (Lipinski definition) is 3. The largest absolute Gasteiger partial charge is 0.376 e. The molecule has 7 nitrogen and oxygen atoms in total. The first-order valence-electron chi connectivity index (χ1n) is 7.14. The average molecular weight is 326 g/mol. The molecule has 1 aliphatic heterocycles. The van der Waals surface area contributed by atoms with Crippen LogP contribution in [-0.4, -0.2) is 39.9 Å². The Labute approximate surface area is 131 Å². The van der Waals surface area contributed by atoms with Gasteiger partial charge >= 0.3 is 0 Å². The van der Waals surface area contributed by atoms with Gasteiger partial charge in [0.25, 0.3) is 0 Å². The molecule has 0 aromatic heterocycles. The number of guanidine groups is 1. The Morgan fingerprint density at radius 3 is 3.00 bits per heavy atom. The van der Waals surface area contributed by atoms with Crippen molar-refractivity contribution in [2.24, 2.45) is 10.7 Å². The molecule has 122 valence electrons. The predicted molar refractivity (Wildman–Crippen MR) is 87.2 cm³/mol. The quantitative estimate of drug-likeness (QED) is 0.525. The van der Waals surface area contributed by atoms with E-state index in [0.29, 0.717) is 24.7 Å². The number of ether oxygens (including phenoxy) is 1. The topological polar surface area (TPSA) is 106 Å². The highest BCUT2D eigenvalue weighted by molar-refractivity contribution is 7.92. The highest BCUT2D eigenvalue weighted by Gasteiger charge is 2.14. The van der Waals surface area contributed by atoms with Crippen molar-refractivity contribution in [1.29, 1.82) is 0 Å². The third-order valence-corrected chi connectivity index (χ3v) is 3.80. The molecule has 0 saturated carbocycles. The highest BCUT2D eigenvalue weighted by atomic mass is 32.2. The summed E-state index contributed by atoms with van der Waals surface area (Å²) in [6.45, 7) is 1.85. The number of nitrogens with zero attached hydrogens (tertiary/aromatic N) is 1. The van der Waals surface area contributed by atoms with Crippen molar-refractivity contribution in [2.75, 3.05) is 24.1 Å². The molecule has 2 rings (SSSR count). The van der Waals surface area contributed by atoms with Crippen LogP contribution in [0.4, 0.5) is 5.69 Å². The van der Waals surface area contributed by atoms with Gasteiger partial charge in [0, 0.05) is 18.8 Å². The van der Waals surface area contributed by atoms with Crippen LogP contribution in [0.25, 0.3) is 0 Å². The lowest BCUT2D eigenvalue weighted by Crippen LogP contribution is -2.37. The lowest BCUT2D eigenvalue weighted by Gasteiger charge is -2.11. The molecular weight excluding hydrogens is 304 g/mol. The second-order valence-electron chi connectivity index (χ2n) is 5.29. The molecule has 1 atom stereocenters. The first-order valence-corrected chi connectivity index (χ1v) is 9.03. The van der Waals surface area contributed by atoms with Gasteiger partial charge in [0.15, 0.2) is 5.96 Å². The van der Waals surface area contributed by atoms with Crippen molar-refractivity contribution in [2.45, 2.75) is 25.5 Å². The van der Waals surface area contributed by atoms with Crippen molar-refractivity contribution in [1.82, 2.24) is 5.32 Å². The van der Waals surface area contributed by atoms with E-state index in [1.165, 1.54) is 0 Å². The fourth-order valence-electron chi connectivity index (χ4n) is 2.20. The van der Waals surface area contributed by atoms with E-state index in [1.807, 2.05) is 6.07 Å². The predicted octanol–water partition coefficient (Wildman–Crippen LogP) is 0.641. The van der Waals surface area contributed by atoms with Gasteiger partial charge in [-0.25, -0.2) is 13.4 Å². The normalized spacial score (nSPS) is 19.1. The number of rotatable bonds is 6. The molecule has 0 aliphatic carbocycles. The number of anilines is 1. The summed E-state index contributed by atoms with van der Waals surface area (Å²) in [7, 11) is -3.28. The number of aliphatic imine (C=N–C) groups is 1. The van der Waals surface area contributed by atoms with Crippen LogP contribution in [0.1, 0.15) is 18.4 Å². The maximum atomic E-state index is 11.2. The summed E-state index contributed by atoms with van der Waals surface area (Å²) in [4.78, 5) is 4.24. The molecule has 1 aromatic rings. The van der Waals surface area contributed by atoms with Crippen LogP contribution in [0.5, 0.6) is 0 Å². The number of hydrogen-bond acceptors (Lipinski definition) is 4. The van der Waals surface area contributed by atoms with E-state index in [1.54, 1.807) is 18.2 Å². The van der Waals surface area contributed by atoms with Crippen molar-refractivity contribution >= 4 is 21.7 Å². The van der Waals surface area contributed by atoms with Gasteiger partial charge in [0.05, 0.1) is 18.9 Å². The Balaban J connectivity index is 1.86. The molecule has 1 aliphatic rings. The highest BCUT2D eigenvalue weighted by Crippen LogP contribution is 2.13. The van der Waals surface area contributed by atoms with E-state index in [-0.39, 0.29) is 6.10 Å². The van der Waals surface area contributed by atoms with E-state index >= 15 is 0 Å². The summed E-state index contributed by atoms with van der Waals surface area (Å²) in [6, 6.07) is 7.06. The maximum Gasteiger partial charge on any atom is 0.229 e. The van der Waals surface area contributed by atoms with Gasteiger partial charge in [0.2, 0.25) is 10.0 Å². The molecule has 1 heterocycles. The molecule has 1 unspecified atom stereocenters. The van der Waals surface area contributed by atoms with Crippen LogP contribution >= 0.6 is 0 Å². The van der Waals surface area contributed by atoms with Gasteiger partial charge < -0.3 is 15.8 Å². The Kier molecular flexibility index (Phi) is 5.62. The van der Waals surface area contributed by atoms with Crippen molar-refractivity contribution < 1.29 is 13.2 Å². The molecule has 1 fully saturated rings. The molecule has 1 aromatic carbocycles. The zero-order valence-corrected chi connectivity index (χ0v) is 13.4. The Hall–Kier alpha value is -1.80. The van der Waals surface area contributed by atoms with E-state index in [2.05, 4.69) is 15.0 Å². The first kappa shape index (κ1) is 16.6.